The molecule has 0 aliphatic carbocycles. The average Bonchev–Trinajstić information content (AvgIpc) is 2.90. The van der Waals surface area contributed by atoms with Crippen LogP contribution in [-0.4, -0.2) is 24.6 Å². The first-order valence-corrected chi connectivity index (χ1v) is 11.8. The van der Waals surface area contributed by atoms with Crippen LogP contribution in [0.1, 0.15) is 16.7 Å². The normalized spacial score (nSPS) is 15.4. The van der Waals surface area contributed by atoms with E-state index in [0.717, 1.165) is 48.9 Å². The number of nitrogens with zero attached hydrogens (tertiary/aromatic N) is 1. The van der Waals surface area contributed by atoms with Crippen LogP contribution in [0.4, 0.5) is 0 Å². The van der Waals surface area contributed by atoms with Crippen molar-refractivity contribution in [1.82, 2.24) is 4.90 Å². The Bertz CT molecular complexity index is 1220. The summed E-state index contributed by atoms with van der Waals surface area (Å²) in [6.07, 6.45) is 0.738. The first kappa shape index (κ1) is 22.0. The van der Waals surface area contributed by atoms with Crippen LogP contribution in [0.5, 0.6) is 11.5 Å². The summed E-state index contributed by atoms with van der Waals surface area (Å²) >= 11 is 0. The Balaban J connectivity index is 1.45. The zero-order valence-corrected chi connectivity index (χ0v) is 19.3. The van der Waals surface area contributed by atoms with Crippen LogP contribution in [0.25, 0.3) is 5.57 Å². The number of ether oxygens (including phenoxy) is 2. The molecule has 0 atom stereocenters. The minimum Gasteiger partial charge on any atom is -0.495 e. The van der Waals surface area contributed by atoms with Gasteiger partial charge in [-0.15, -0.1) is 0 Å². The van der Waals surface area contributed by atoms with Crippen LogP contribution < -0.4 is 4.74 Å². The molecule has 0 aromatic heterocycles. The van der Waals surface area contributed by atoms with Crippen molar-refractivity contribution in [3.63, 3.8) is 0 Å². The molecule has 3 nitrogen and oxygen atoms in total. The molecule has 1 aliphatic rings. The largest absolute Gasteiger partial charge is 0.495 e. The molecule has 170 valence electrons. The third-order valence-electron chi connectivity index (χ3n) is 6.07. The Kier molecular flexibility index (Phi) is 7.03. The van der Waals surface area contributed by atoms with Crippen molar-refractivity contribution in [1.29, 1.82) is 0 Å². The van der Waals surface area contributed by atoms with E-state index in [2.05, 4.69) is 77.7 Å². The standard InChI is InChI=1S/C31H29NO2/c1-4-12-25(13-5-1)23-32-20-21-33-31(24-32)29(26-14-6-2-7-15-26)22-27-16-10-11-19-30(27)34-28-17-8-3-9-18-28/h1-19H,20-24H2/b31-29-. The zero-order chi connectivity index (χ0) is 23.0. The van der Waals surface area contributed by atoms with Crippen molar-refractivity contribution in [3.8, 4) is 11.5 Å². The summed E-state index contributed by atoms with van der Waals surface area (Å²) in [4.78, 5) is 2.46. The highest BCUT2D eigenvalue weighted by Gasteiger charge is 2.21. The van der Waals surface area contributed by atoms with E-state index in [1.165, 1.54) is 16.7 Å². The maximum absolute atomic E-state index is 6.29. The highest BCUT2D eigenvalue weighted by Crippen LogP contribution is 2.32. The van der Waals surface area contributed by atoms with Crippen molar-refractivity contribution < 1.29 is 9.47 Å². The summed E-state index contributed by atoms with van der Waals surface area (Å²) < 4.78 is 12.5. The molecule has 1 saturated heterocycles. The van der Waals surface area contributed by atoms with Gasteiger partial charge in [-0.05, 0) is 34.9 Å². The molecular weight excluding hydrogens is 418 g/mol. The molecule has 1 fully saturated rings. The second kappa shape index (κ2) is 10.9. The molecule has 34 heavy (non-hydrogen) atoms. The minimum atomic E-state index is 0.695. The molecule has 5 rings (SSSR count). The fourth-order valence-electron chi connectivity index (χ4n) is 4.34. The Morgan fingerprint density at radius 3 is 2.15 bits per heavy atom. The highest BCUT2D eigenvalue weighted by atomic mass is 16.5. The van der Waals surface area contributed by atoms with Gasteiger partial charge in [0.25, 0.3) is 0 Å². The third-order valence-corrected chi connectivity index (χ3v) is 6.07. The number of benzene rings is 4. The molecule has 1 aliphatic heterocycles. The monoisotopic (exact) mass is 447 g/mol. The van der Waals surface area contributed by atoms with Crippen LogP contribution in [0.3, 0.4) is 0 Å². The summed E-state index contributed by atoms with van der Waals surface area (Å²) in [7, 11) is 0. The van der Waals surface area contributed by atoms with E-state index in [-0.39, 0.29) is 0 Å². The van der Waals surface area contributed by atoms with Gasteiger partial charge in [-0.25, -0.2) is 0 Å². The van der Waals surface area contributed by atoms with Gasteiger partial charge in [0.1, 0.15) is 23.9 Å². The lowest BCUT2D eigenvalue weighted by Gasteiger charge is -2.31. The van der Waals surface area contributed by atoms with Crippen molar-refractivity contribution in [2.75, 3.05) is 19.7 Å². The Morgan fingerprint density at radius 1 is 0.735 bits per heavy atom. The molecule has 0 saturated carbocycles. The van der Waals surface area contributed by atoms with E-state index < -0.39 is 0 Å². The summed E-state index contributed by atoms with van der Waals surface area (Å²) in [6.45, 7) is 3.33. The lowest BCUT2D eigenvalue weighted by atomic mass is 9.95. The fraction of sp³-hybridized carbons (Fsp3) is 0.161. The van der Waals surface area contributed by atoms with Gasteiger partial charge in [-0.3, -0.25) is 4.90 Å². The second-order valence-electron chi connectivity index (χ2n) is 8.51. The van der Waals surface area contributed by atoms with Gasteiger partial charge in [-0.1, -0.05) is 97.1 Å². The van der Waals surface area contributed by atoms with Crippen molar-refractivity contribution in [3.05, 3.63) is 138 Å². The van der Waals surface area contributed by atoms with Crippen molar-refractivity contribution >= 4 is 5.57 Å². The average molecular weight is 448 g/mol. The van der Waals surface area contributed by atoms with E-state index in [0.29, 0.717) is 6.61 Å². The van der Waals surface area contributed by atoms with Crippen LogP contribution in [0, 0.1) is 0 Å². The third kappa shape index (κ3) is 5.56. The molecule has 4 aromatic rings. The second-order valence-corrected chi connectivity index (χ2v) is 8.51. The highest BCUT2D eigenvalue weighted by molar-refractivity contribution is 5.71. The summed E-state index contributed by atoms with van der Waals surface area (Å²) in [5, 5.41) is 0. The molecule has 3 heteroatoms. The van der Waals surface area contributed by atoms with Gasteiger partial charge in [0.2, 0.25) is 0 Å². The smallest absolute Gasteiger partial charge is 0.130 e. The summed E-state index contributed by atoms with van der Waals surface area (Å²) in [5.41, 5.74) is 4.86. The quantitative estimate of drug-likeness (QED) is 0.305. The van der Waals surface area contributed by atoms with Gasteiger partial charge in [0.15, 0.2) is 0 Å². The molecule has 0 amide bonds. The van der Waals surface area contributed by atoms with Gasteiger partial charge in [0.05, 0.1) is 6.54 Å². The van der Waals surface area contributed by atoms with Crippen LogP contribution in [0.2, 0.25) is 0 Å². The van der Waals surface area contributed by atoms with Crippen molar-refractivity contribution in [2.45, 2.75) is 13.0 Å². The van der Waals surface area contributed by atoms with E-state index >= 15 is 0 Å². The van der Waals surface area contributed by atoms with Crippen LogP contribution in [0.15, 0.2) is 121 Å². The predicted molar refractivity (Wildman–Crippen MR) is 138 cm³/mol. The summed E-state index contributed by atoms with van der Waals surface area (Å²) in [6, 6.07) is 39.5. The molecule has 1 heterocycles. The van der Waals surface area contributed by atoms with Crippen LogP contribution >= 0.6 is 0 Å². The van der Waals surface area contributed by atoms with E-state index in [1.807, 2.05) is 42.5 Å². The van der Waals surface area contributed by atoms with E-state index in [4.69, 9.17) is 9.47 Å². The Hall–Kier alpha value is -3.82. The van der Waals surface area contributed by atoms with Crippen LogP contribution in [-0.2, 0) is 17.7 Å². The van der Waals surface area contributed by atoms with Gasteiger partial charge < -0.3 is 9.47 Å². The SMILES string of the molecule is c1ccc(CN2CCO/C(=C(/Cc3ccccc3Oc3ccccc3)c3ccccc3)C2)cc1. The number of allylic oxidation sites excluding steroid dienone is 1. The lowest BCUT2D eigenvalue weighted by molar-refractivity contribution is 0.0906. The van der Waals surface area contributed by atoms with Gasteiger partial charge >= 0.3 is 0 Å². The van der Waals surface area contributed by atoms with Crippen molar-refractivity contribution in [2.24, 2.45) is 0 Å². The molecule has 0 spiro atoms. The number of morpholine rings is 1. The molecule has 4 aromatic carbocycles. The Morgan fingerprint density at radius 2 is 1.38 bits per heavy atom. The topological polar surface area (TPSA) is 21.7 Å². The predicted octanol–water partition coefficient (Wildman–Crippen LogP) is 6.97. The van der Waals surface area contributed by atoms with Gasteiger partial charge in [0, 0.05) is 25.1 Å². The van der Waals surface area contributed by atoms with E-state index in [9.17, 15) is 0 Å². The molecule has 0 bridgehead atoms. The number of hydrogen-bond donors (Lipinski definition) is 0. The maximum Gasteiger partial charge on any atom is 0.130 e. The molecule has 0 radical (unpaired) electrons. The number of hydrogen-bond acceptors (Lipinski definition) is 3. The molecular formula is C31H29NO2. The number of para-hydroxylation sites is 2. The Labute approximate surface area is 201 Å². The number of rotatable bonds is 7. The maximum atomic E-state index is 6.29. The fourth-order valence-corrected chi connectivity index (χ4v) is 4.34. The van der Waals surface area contributed by atoms with E-state index in [1.54, 1.807) is 0 Å². The first-order chi connectivity index (χ1) is 16.8. The zero-order valence-electron chi connectivity index (χ0n) is 19.3. The summed E-state index contributed by atoms with van der Waals surface area (Å²) in [5.74, 6) is 2.76. The van der Waals surface area contributed by atoms with Gasteiger partial charge in [-0.2, -0.15) is 0 Å². The lowest BCUT2D eigenvalue weighted by Crippen LogP contribution is -2.35. The molecule has 0 N–H and O–H groups in total. The minimum absolute atomic E-state index is 0.695. The first-order valence-electron chi connectivity index (χ1n) is 11.8. The molecule has 0 unspecified atom stereocenters.